The van der Waals surface area contributed by atoms with Crippen LogP contribution in [0.15, 0.2) is 30.5 Å². The van der Waals surface area contributed by atoms with E-state index in [0.29, 0.717) is 23.9 Å². The number of piperidine rings is 1. The Kier molecular flexibility index (Phi) is 5.94. The van der Waals surface area contributed by atoms with Gasteiger partial charge in [-0.25, -0.2) is 9.07 Å². The van der Waals surface area contributed by atoms with E-state index < -0.39 is 0 Å². The van der Waals surface area contributed by atoms with Gasteiger partial charge in [0.15, 0.2) is 0 Å². The van der Waals surface area contributed by atoms with Crippen LogP contribution in [0, 0.1) is 11.7 Å². The minimum absolute atomic E-state index is 0.0104. The maximum atomic E-state index is 15.0. The van der Waals surface area contributed by atoms with E-state index in [1.807, 2.05) is 34.0 Å². The molecule has 1 atom stereocenters. The second-order valence-electron chi connectivity index (χ2n) is 9.04. The Morgan fingerprint density at radius 2 is 1.94 bits per heavy atom. The summed E-state index contributed by atoms with van der Waals surface area (Å²) in [5.74, 6) is 0.613. The first-order valence-electron chi connectivity index (χ1n) is 11.7. The standard InChI is InChI=1S/C24H31FN4O2/c25-20-16-19(21-10-14-29(26-21)24-5-1-2-15-31-24)6-7-22(20)27-12-8-18(9-13-27)17-28-11-3-4-23(28)30/h6-7,10,14,16,18,24H,1-5,8-9,11-13,15,17H2. The Labute approximate surface area is 183 Å². The lowest BCUT2D eigenvalue weighted by molar-refractivity contribution is -0.128. The zero-order valence-corrected chi connectivity index (χ0v) is 18.0. The van der Waals surface area contributed by atoms with Gasteiger partial charge >= 0.3 is 0 Å². The molecule has 5 rings (SSSR count). The van der Waals surface area contributed by atoms with Crippen molar-refractivity contribution in [2.75, 3.05) is 37.7 Å². The molecule has 166 valence electrons. The van der Waals surface area contributed by atoms with Gasteiger partial charge in [0.2, 0.25) is 5.91 Å². The summed E-state index contributed by atoms with van der Waals surface area (Å²) in [5.41, 5.74) is 2.22. The molecule has 1 aromatic carbocycles. The Balaban J connectivity index is 1.21. The van der Waals surface area contributed by atoms with Gasteiger partial charge in [-0.2, -0.15) is 5.10 Å². The molecule has 0 spiro atoms. The smallest absolute Gasteiger partial charge is 0.222 e. The van der Waals surface area contributed by atoms with E-state index in [4.69, 9.17) is 4.74 Å². The summed E-state index contributed by atoms with van der Waals surface area (Å²) in [4.78, 5) is 16.0. The second kappa shape index (κ2) is 8.99. The van der Waals surface area contributed by atoms with Crippen molar-refractivity contribution >= 4 is 11.6 Å². The summed E-state index contributed by atoms with van der Waals surface area (Å²) in [6.45, 7) is 4.20. The van der Waals surface area contributed by atoms with Crippen molar-refractivity contribution in [1.29, 1.82) is 0 Å². The predicted octanol–water partition coefficient (Wildman–Crippen LogP) is 4.23. The highest BCUT2D eigenvalue weighted by Crippen LogP contribution is 2.30. The van der Waals surface area contributed by atoms with Crippen molar-refractivity contribution in [2.45, 2.75) is 51.2 Å². The number of anilines is 1. The largest absolute Gasteiger partial charge is 0.369 e. The zero-order valence-electron chi connectivity index (χ0n) is 18.0. The van der Waals surface area contributed by atoms with Crippen LogP contribution in [0.2, 0.25) is 0 Å². The van der Waals surface area contributed by atoms with Gasteiger partial charge in [-0.15, -0.1) is 0 Å². The molecule has 0 radical (unpaired) electrons. The van der Waals surface area contributed by atoms with E-state index in [-0.39, 0.29) is 12.0 Å². The summed E-state index contributed by atoms with van der Waals surface area (Å²) in [6.07, 6.45) is 8.81. The molecular formula is C24H31FN4O2. The minimum atomic E-state index is -0.200. The van der Waals surface area contributed by atoms with Crippen molar-refractivity contribution in [3.05, 3.63) is 36.3 Å². The molecule has 0 bridgehead atoms. The molecule has 31 heavy (non-hydrogen) atoms. The van der Waals surface area contributed by atoms with Gasteiger partial charge in [0.25, 0.3) is 0 Å². The Morgan fingerprint density at radius 1 is 1.06 bits per heavy atom. The van der Waals surface area contributed by atoms with E-state index in [2.05, 4.69) is 10.00 Å². The molecule has 3 aliphatic rings. The number of aromatic nitrogens is 2. The van der Waals surface area contributed by atoms with E-state index in [9.17, 15) is 4.79 Å². The monoisotopic (exact) mass is 426 g/mol. The van der Waals surface area contributed by atoms with E-state index in [1.54, 1.807) is 6.07 Å². The number of hydrogen-bond donors (Lipinski definition) is 0. The van der Waals surface area contributed by atoms with Gasteiger partial charge in [-0.3, -0.25) is 4.79 Å². The molecule has 2 aromatic rings. The van der Waals surface area contributed by atoms with Gasteiger partial charge in [0.05, 0.1) is 11.4 Å². The van der Waals surface area contributed by atoms with Crippen LogP contribution in [-0.4, -0.2) is 53.4 Å². The fraction of sp³-hybridized carbons (Fsp3) is 0.583. The first-order valence-corrected chi connectivity index (χ1v) is 11.7. The van der Waals surface area contributed by atoms with E-state index >= 15 is 4.39 Å². The number of nitrogens with zero attached hydrogens (tertiary/aromatic N) is 4. The van der Waals surface area contributed by atoms with Crippen LogP contribution in [0.4, 0.5) is 10.1 Å². The molecule has 6 nitrogen and oxygen atoms in total. The third-order valence-electron chi connectivity index (χ3n) is 6.91. The summed E-state index contributed by atoms with van der Waals surface area (Å²) in [7, 11) is 0. The molecular weight excluding hydrogens is 395 g/mol. The topological polar surface area (TPSA) is 50.6 Å². The van der Waals surface area contributed by atoms with Crippen LogP contribution in [0.1, 0.15) is 51.2 Å². The molecule has 0 N–H and O–H groups in total. The molecule has 0 aliphatic carbocycles. The lowest BCUT2D eigenvalue weighted by Gasteiger charge is -2.35. The summed E-state index contributed by atoms with van der Waals surface area (Å²) >= 11 is 0. The van der Waals surface area contributed by atoms with Crippen molar-refractivity contribution in [2.24, 2.45) is 5.92 Å². The maximum absolute atomic E-state index is 15.0. The van der Waals surface area contributed by atoms with Gasteiger partial charge in [0.1, 0.15) is 12.0 Å². The van der Waals surface area contributed by atoms with Crippen molar-refractivity contribution in [1.82, 2.24) is 14.7 Å². The first kappa shape index (κ1) is 20.5. The lowest BCUT2D eigenvalue weighted by atomic mass is 9.95. The Hall–Kier alpha value is -2.41. The number of hydrogen-bond acceptors (Lipinski definition) is 4. The fourth-order valence-electron chi connectivity index (χ4n) is 5.07. The Bertz CT molecular complexity index is 916. The number of halogens is 1. The van der Waals surface area contributed by atoms with Crippen LogP contribution in [-0.2, 0) is 9.53 Å². The molecule has 1 unspecified atom stereocenters. The van der Waals surface area contributed by atoms with Crippen molar-refractivity contribution in [3.8, 4) is 11.3 Å². The normalized spacial score (nSPS) is 23.0. The summed E-state index contributed by atoms with van der Waals surface area (Å²) in [6, 6.07) is 7.36. The number of rotatable bonds is 5. The van der Waals surface area contributed by atoms with Crippen LogP contribution in [0.25, 0.3) is 11.3 Å². The van der Waals surface area contributed by atoms with Gasteiger partial charge in [0, 0.05) is 51.0 Å². The van der Waals surface area contributed by atoms with Crippen molar-refractivity contribution < 1.29 is 13.9 Å². The highest BCUT2D eigenvalue weighted by atomic mass is 19.1. The third kappa shape index (κ3) is 4.47. The SMILES string of the molecule is O=C1CCCN1CC1CCN(c2ccc(-c3ccn(C4CCCCO4)n3)cc2F)CC1. The number of ether oxygens (including phenoxy) is 1. The quantitative estimate of drug-likeness (QED) is 0.718. The van der Waals surface area contributed by atoms with E-state index in [0.717, 1.165) is 82.6 Å². The number of likely N-dealkylation sites (tertiary alicyclic amines) is 1. The predicted molar refractivity (Wildman–Crippen MR) is 117 cm³/mol. The molecule has 3 saturated heterocycles. The van der Waals surface area contributed by atoms with Crippen LogP contribution < -0.4 is 4.90 Å². The fourth-order valence-corrected chi connectivity index (χ4v) is 5.07. The number of benzene rings is 1. The van der Waals surface area contributed by atoms with Crippen LogP contribution in [0.3, 0.4) is 0 Å². The van der Waals surface area contributed by atoms with Crippen molar-refractivity contribution in [3.63, 3.8) is 0 Å². The molecule has 0 saturated carbocycles. The number of amides is 1. The lowest BCUT2D eigenvalue weighted by Crippen LogP contribution is -2.39. The molecule has 1 amide bonds. The zero-order chi connectivity index (χ0) is 21.2. The molecule has 3 fully saturated rings. The van der Waals surface area contributed by atoms with Gasteiger partial charge in [-0.1, -0.05) is 6.07 Å². The Morgan fingerprint density at radius 3 is 2.65 bits per heavy atom. The maximum Gasteiger partial charge on any atom is 0.222 e. The second-order valence-corrected chi connectivity index (χ2v) is 9.04. The minimum Gasteiger partial charge on any atom is -0.369 e. The summed E-state index contributed by atoms with van der Waals surface area (Å²) in [5, 5.41) is 4.63. The summed E-state index contributed by atoms with van der Waals surface area (Å²) < 4.78 is 22.7. The van der Waals surface area contributed by atoms with E-state index in [1.165, 1.54) is 0 Å². The number of carbonyl (C=O) groups excluding carboxylic acids is 1. The molecule has 3 aliphatic heterocycles. The molecule has 4 heterocycles. The van der Waals surface area contributed by atoms with Crippen LogP contribution in [0.5, 0.6) is 0 Å². The third-order valence-corrected chi connectivity index (χ3v) is 6.91. The first-order chi connectivity index (χ1) is 15.2. The molecule has 1 aromatic heterocycles. The number of carbonyl (C=O) groups is 1. The van der Waals surface area contributed by atoms with Gasteiger partial charge < -0.3 is 14.5 Å². The molecule has 7 heteroatoms. The van der Waals surface area contributed by atoms with Gasteiger partial charge in [-0.05, 0) is 62.6 Å². The highest BCUT2D eigenvalue weighted by Gasteiger charge is 2.27. The average Bonchev–Trinajstić information content (AvgIpc) is 3.45. The average molecular weight is 427 g/mol. The van der Waals surface area contributed by atoms with Crippen LogP contribution >= 0.6 is 0 Å². The highest BCUT2D eigenvalue weighted by molar-refractivity contribution is 5.78.